The molecule has 1 amide bonds. The van der Waals surface area contributed by atoms with Gasteiger partial charge in [-0.05, 0) is 42.5 Å². The van der Waals surface area contributed by atoms with E-state index in [-0.39, 0.29) is 5.91 Å². The van der Waals surface area contributed by atoms with Crippen LogP contribution in [-0.2, 0) is 4.84 Å². The second-order valence-corrected chi connectivity index (χ2v) is 5.54. The van der Waals surface area contributed by atoms with E-state index in [0.717, 1.165) is 17.1 Å². The van der Waals surface area contributed by atoms with E-state index in [1.807, 2.05) is 78.9 Å². The van der Waals surface area contributed by atoms with E-state index < -0.39 is 0 Å². The highest BCUT2D eigenvalue weighted by Gasteiger charge is 2.16. The molecule has 3 aromatic carbocycles. The van der Waals surface area contributed by atoms with Crippen molar-refractivity contribution in [2.45, 2.75) is 0 Å². The van der Waals surface area contributed by atoms with Crippen molar-refractivity contribution in [2.24, 2.45) is 0 Å². The summed E-state index contributed by atoms with van der Waals surface area (Å²) in [5, 5.41) is 1.22. The molecule has 3 rings (SSSR count). The molecule has 0 heterocycles. The standard InChI is InChI=1S/C21H20N2O2/c1-22(25-2)21(24)17-10-9-15-20(16-17)23(18-11-5-3-6-12-18)19-13-7-4-8-14-19/h3-16H,1-2H3. The Bertz CT molecular complexity index is 795. The van der Waals surface area contributed by atoms with Crippen LogP contribution < -0.4 is 4.90 Å². The molecule has 0 radical (unpaired) electrons. The fourth-order valence-electron chi connectivity index (χ4n) is 2.64. The molecule has 0 aliphatic carbocycles. The molecule has 0 atom stereocenters. The Kier molecular flexibility index (Phi) is 5.11. The van der Waals surface area contributed by atoms with Crippen LogP contribution in [0.1, 0.15) is 10.4 Å². The van der Waals surface area contributed by atoms with Crippen LogP contribution in [0, 0.1) is 0 Å². The summed E-state index contributed by atoms with van der Waals surface area (Å²) in [6.45, 7) is 0. The number of hydroxylamine groups is 2. The summed E-state index contributed by atoms with van der Waals surface area (Å²) in [6, 6.07) is 27.7. The number of benzene rings is 3. The summed E-state index contributed by atoms with van der Waals surface area (Å²) in [4.78, 5) is 19.5. The van der Waals surface area contributed by atoms with Gasteiger partial charge in [-0.2, -0.15) is 0 Å². The third-order valence-corrected chi connectivity index (χ3v) is 3.94. The first kappa shape index (κ1) is 16.7. The second kappa shape index (κ2) is 7.64. The largest absolute Gasteiger partial charge is 0.310 e. The van der Waals surface area contributed by atoms with Crippen LogP contribution in [0.15, 0.2) is 84.9 Å². The van der Waals surface area contributed by atoms with E-state index in [4.69, 9.17) is 4.84 Å². The van der Waals surface area contributed by atoms with Crippen molar-refractivity contribution >= 4 is 23.0 Å². The van der Waals surface area contributed by atoms with Gasteiger partial charge in [0, 0.05) is 29.7 Å². The smallest absolute Gasteiger partial charge is 0.277 e. The fraction of sp³-hybridized carbons (Fsp3) is 0.0952. The first-order chi connectivity index (χ1) is 12.2. The Balaban J connectivity index is 2.07. The minimum absolute atomic E-state index is 0.189. The normalized spacial score (nSPS) is 10.3. The summed E-state index contributed by atoms with van der Waals surface area (Å²) in [5.41, 5.74) is 3.53. The summed E-state index contributed by atoms with van der Waals surface area (Å²) in [7, 11) is 3.07. The van der Waals surface area contributed by atoms with Crippen LogP contribution in [-0.4, -0.2) is 25.1 Å². The van der Waals surface area contributed by atoms with E-state index in [1.54, 1.807) is 13.1 Å². The van der Waals surface area contributed by atoms with Crippen LogP contribution in [0.3, 0.4) is 0 Å². The van der Waals surface area contributed by atoms with Crippen molar-refractivity contribution in [1.29, 1.82) is 0 Å². The molecule has 0 aromatic heterocycles. The molecule has 0 aliphatic rings. The van der Waals surface area contributed by atoms with Crippen molar-refractivity contribution in [1.82, 2.24) is 5.06 Å². The van der Waals surface area contributed by atoms with Gasteiger partial charge < -0.3 is 4.90 Å². The molecule has 0 unspecified atom stereocenters. The molecule has 0 N–H and O–H groups in total. The van der Waals surface area contributed by atoms with Gasteiger partial charge in [0.1, 0.15) is 0 Å². The molecule has 126 valence electrons. The molecule has 4 heteroatoms. The number of amides is 1. The van der Waals surface area contributed by atoms with Crippen LogP contribution in [0.2, 0.25) is 0 Å². The molecule has 0 bridgehead atoms. The van der Waals surface area contributed by atoms with Gasteiger partial charge >= 0.3 is 0 Å². The number of hydrogen-bond donors (Lipinski definition) is 0. The SMILES string of the molecule is CON(C)C(=O)c1cccc(N(c2ccccc2)c2ccccc2)c1. The lowest BCUT2D eigenvalue weighted by atomic mass is 10.1. The maximum atomic E-state index is 12.4. The highest BCUT2D eigenvalue weighted by molar-refractivity contribution is 5.95. The Morgan fingerprint density at radius 2 is 1.28 bits per heavy atom. The molecule has 0 saturated heterocycles. The summed E-state index contributed by atoms with van der Waals surface area (Å²) in [6.07, 6.45) is 0. The van der Waals surface area contributed by atoms with Crippen molar-refractivity contribution in [3.05, 3.63) is 90.5 Å². The maximum Gasteiger partial charge on any atom is 0.277 e. The van der Waals surface area contributed by atoms with Crippen LogP contribution in [0.25, 0.3) is 0 Å². The lowest BCUT2D eigenvalue weighted by Crippen LogP contribution is -2.25. The van der Waals surface area contributed by atoms with Gasteiger partial charge in [-0.25, -0.2) is 5.06 Å². The highest BCUT2D eigenvalue weighted by Crippen LogP contribution is 2.34. The molecule has 0 saturated carbocycles. The van der Waals surface area contributed by atoms with E-state index in [9.17, 15) is 4.79 Å². The second-order valence-electron chi connectivity index (χ2n) is 5.54. The zero-order chi connectivity index (χ0) is 17.6. The quantitative estimate of drug-likeness (QED) is 0.630. The maximum absolute atomic E-state index is 12.4. The average Bonchev–Trinajstić information content (AvgIpc) is 2.69. The van der Waals surface area contributed by atoms with E-state index in [0.29, 0.717) is 5.56 Å². The van der Waals surface area contributed by atoms with Crippen LogP contribution in [0.5, 0.6) is 0 Å². The summed E-state index contributed by atoms with van der Waals surface area (Å²) < 4.78 is 0. The van der Waals surface area contributed by atoms with Crippen molar-refractivity contribution in [3.8, 4) is 0 Å². The highest BCUT2D eigenvalue weighted by atomic mass is 16.7. The molecular weight excluding hydrogens is 312 g/mol. The Morgan fingerprint density at radius 3 is 1.80 bits per heavy atom. The predicted molar refractivity (Wildman–Crippen MR) is 100 cm³/mol. The Labute approximate surface area is 147 Å². The van der Waals surface area contributed by atoms with Gasteiger partial charge in [0.15, 0.2) is 0 Å². The van der Waals surface area contributed by atoms with Gasteiger partial charge in [0.05, 0.1) is 7.11 Å². The monoisotopic (exact) mass is 332 g/mol. The first-order valence-corrected chi connectivity index (χ1v) is 8.03. The van der Waals surface area contributed by atoms with E-state index >= 15 is 0 Å². The van der Waals surface area contributed by atoms with E-state index in [2.05, 4.69) is 4.90 Å². The molecule has 0 aliphatic heterocycles. The number of anilines is 3. The molecule has 3 aromatic rings. The topological polar surface area (TPSA) is 32.8 Å². The molecule has 0 spiro atoms. The number of rotatable bonds is 5. The lowest BCUT2D eigenvalue weighted by Gasteiger charge is -2.26. The van der Waals surface area contributed by atoms with Crippen LogP contribution in [0.4, 0.5) is 17.1 Å². The molecule has 0 fully saturated rings. The number of hydrogen-bond acceptors (Lipinski definition) is 3. The van der Waals surface area contributed by atoms with Crippen molar-refractivity contribution in [2.75, 3.05) is 19.1 Å². The number of carbonyl (C=O) groups excluding carboxylic acids is 1. The van der Waals surface area contributed by atoms with Crippen LogP contribution >= 0.6 is 0 Å². The lowest BCUT2D eigenvalue weighted by molar-refractivity contribution is -0.0756. The number of para-hydroxylation sites is 2. The van der Waals surface area contributed by atoms with Gasteiger partial charge in [-0.3, -0.25) is 9.63 Å². The number of carbonyl (C=O) groups is 1. The van der Waals surface area contributed by atoms with Crippen molar-refractivity contribution < 1.29 is 9.63 Å². The third kappa shape index (κ3) is 3.70. The minimum atomic E-state index is -0.189. The van der Waals surface area contributed by atoms with Gasteiger partial charge in [0.2, 0.25) is 0 Å². The number of nitrogens with zero attached hydrogens (tertiary/aromatic N) is 2. The molecule has 25 heavy (non-hydrogen) atoms. The Morgan fingerprint density at radius 1 is 0.760 bits per heavy atom. The fourth-order valence-corrected chi connectivity index (χ4v) is 2.64. The first-order valence-electron chi connectivity index (χ1n) is 8.03. The zero-order valence-corrected chi connectivity index (χ0v) is 14.3. The average molecular weight is 332 g/mol. The van der Waals surface area contributed by atoms with E-state index in [1.165, 1.54) is 12.2 Å². The van der Waals surface area contributed by atoms with Gasteiger partial charge in [-0.15, -0.1) is 0 Å². The molecular formula is C21H20N2O2. The van der Waals surface area contributed by atoms with Gasteiger partial charge in [0.25, 0.3) is 5.91 Å². The van der Waals surface area contributed by atoms with Crippen molar-refractivity contribution in [3.63, 3.8) is 0 Å². The summed E-state index contributed by atoms with van der Waals surface area (Å²) in [5.74, 6) is -0.189. The summed E-state index contributed by atoms with van der Waals surface area (Å²) >= 11 is 0. The predicted octanol–water partition coefficient (Wildman–Crippen LogP) is 4.79. The zero-order valence-electron chi connectivity index (χ0n) is 14.3. The molecule has 4 nitrogen and oxygen atoms in total. The Hall–Kier alpha value is -3.11. The van der Waals surface area contributed by atoms with Gasteiger partial charge in [-0.1, -0.05) is 42.5 Å². The minimum Gasteiger partial charge on any atom is -0.310 e. The third-order valence-electron chi connectivity index (χ3n) is 3.94.